The third kappa shape index (κ3) is 3.44. The number of ether oxygens (including phenoxy) is 1. The fourth-order valence-electron chi connectivity index (χ4n) is 3.07. The minimum Gasteiger partial charge on any atom is -0.394 e. The van der Waals surface area contributed by atoms with Gasteiger partial charge >= 0.3 is 0 Å². The summed E-state index contributed by atoms with van der Waals surface area (Å²) >= 11 is 1.55. The zero-order valence-corrected chi connectivity index (χ0v) is 15.5. The van der Waals surface area contributed by atoms with Crippen LogP contribution in [-0.4, -0.2) is 59.8 Å². The van der Waals surface area contributed by atoms with Crippen molar-refractivity contribution < 1.29 is 20.1 Å². The van der Waals surface area contributed by atoms with Gasteiger partial charge in [-0.05, 0) is 12.5 Å². The maximum Gasteiger partial charge on any atom is 0.166 e. The van der Waals surface area contributed by atoms with Crippen molar-refractivity contribution >= 4 is 22.9 Å². The molecular weight excluding hydrogens is 368 g/mol. The molecule has 0 bridgehead atoms. The molecule has 1 aromatic carbocycles. The molecule has 27 heavy (non-hydrogen) atoms. The molecule has 0 saturated carbocycles. The van der Waals surface area contributed by atoms with E-state index in [2.05, 4.69) is 46.1 Å². The summed E-state index contributed by atoms with van der Waals surface area (Å²) in [5.74, 6) is 0.743. The zero-order chi connectivity index (χ0) is 19.0. The first-order chi connectivity index (χ1) is 13.1. The average molecular weight is 388 g/mol. The van der Waals surface area contributed by atoms with Crippen LogP contribution in [0.1, 0.15) is 17.4 Å². The number of thioether (sulfide) groups is 1. The molecule has 0 aliphatic carbocycles. The molecule has 3 aromatic rings. The molecule has 1 fully saturated rings. The summed E-state index contributed by atoms with van der Waals surface area (Å²) in [4.78, 5) is 13.0. The number of rotatable bonds is 5. The monoisotopic (exact) mass is 388 g/mol. The Labute approximate surface area is 159 Å². The van der Waals surface area contributed by atoms with Crippen LogP contribution in [0.4, 0.5) is 0 Å². The Morgan fingerprint density at radius 1 is 1.11 bits per heavy atom. The molecule has 142 valence electrons. The molecule has 0 unspecified atom stereocenters. The fourth-order valence-corrected chi connectivity index (χ4v) is 3.97. The molecule has 2 aromatic heterocycles. The molecule has 4 atom stereocenters. The van der Waals surface area contributed by atoms with Crippen molar-refractivity contribution in [2.75, 3.05) is 6.61 Å². The lowest BCUT2D eigenvalue weighted by atomic mass is 10.1. The Morgan fingerprint density at radius 3 is 2.59 bits per heavy atom. The highest BCUT2D eigenvalue weighted by molar-refractivity contribution is 7.98. The fraction of sp³-hybridized carbons (Fsp3) is 0.389. The van der Waals surface area contributed by atoms with Crippen LogP contribution in [0.25, 0.3) is 11.2 Å². The van der Waals surface area contributed by atoms with Crippen LogP contribution in [-0.2, 0) is 10.5 Å². The Morgan fingerprint density at radius 2 is 1.89 bits per heavy atom. The van der Waals surface area contributed by atoms with Gasteiger partial charge in [-0.25, -0.2) is 15.0 Å². The Hall–Kier alpha value is -2.04. The van der Waals surface area contributed by atoms with Crippen molar-refractivity contribution in [2.45, 2.75) is 42.2 Å². The number of aromatic nitrogens is 4. The van der Waals surface area contributed by atoms with Crippen molar-refractivity contribution in [3.63, 3.8) is 0 Å². The first kappa shape index (κ1) is 18.3. The number of hydrogen-bond donors (Lipinski definition) is 3. The number of nitrogens with zero attached hydrogens (tertiary/aromatic N) is 4. The van der Waals surface area contributed by atoms with Gasteiger partial charge in [-0.15, -0.1) is 0 Å². The van der Waals surface area contributed by atoms with E-state index in [4.69, 9.17) is 4.74 Å². The summed E-state index contributed by atoms with van der Waals surface area (Å²) in [5.41, 5.74) is 3.50. The third-order valence-electron chi connectivity index (χ3n) is 4.61. The third-order valence-corrected chi connectivity index (χ3v) is 5.66. The van der Waals surface area contributed by atoms with Crippen LogP contribution in [0, 0.1) is 6.92 Å². The summed E-state index contributed by atoms with van der Waals surface area (Å²) in [6.45, 7) is 1.67. The van der Waals surface area contributed by atoms with E-state index in [1.54, 1.807) is 16.3 Å². The van der Waals surface area contributed by atoms with Gasteiger partial charge in [-0.3, -0.25) is 4.57 Å². The van der Waals surface area contributed by atoms with E-state index in [9.17, 15) is 15.3 Å². The van der Waals surface area contributed by atoms with Crippen molar-refractivity contribution in [1.29, 1.82) is 0 Å². The number of aryl methyl sites for hydroxylation is 1. The zero-order valence-electron chi connectivity index (χ0n) is 14.6. The van der Waals surface area contributed by atoms with E-state index < -0.39 is 24.5 Å². The summed E-state index contributed by atoms with van der Waals surface area (Å²) in [6.07, 6.45) is -1.12. The van der Waals surface area contributed by atoms with Crippen molar-refractivity contribution in [2.24, 2.45) is 0 Å². The van der Waals surface area contributed by atoms with E-state index in [0.29, 0.717) is 11.2 Å². The maximum absolute atomic E-state index is 10.3. The van der Waals surface area contributed by atoms with Crippen LogP contribution in [0.2, 0.25) is 0 Å². The standard InChI is InChI=1S/C18H20N4O4S/c1-10-2-4-11(5-3-10)7-27-17-13-16(19-8-20-17)22(9-21-13)18-15(25)14(24)12(6-23)26-18/h2-5,8-9,12,14-15,18,23-25H,6-7H2,1H3/t12-,14-,15-,18-/m1/s1. The lowest BCUT2D eigenvalue weighted by Gasteiger charge is -2.16. The predicted octanol–water partition coefficient (Wildman–Crippen LogP) is 1.04. The topological polar surface area (TPSA) is 114 Å². The van der Waals surface area contributed by atoms with Gasteiger partial charge in [0.1, 0.15) is 35.2 Å². The first-order valence-corrected chi connectivity index (χ1v) is 9.55. The van der Waals surface area contributed by atoms with Gasteiger partial charge in [-0.2, -0.15) is 0 Å². The van der Waals surface area contributed by atoms with Crippen LogP contribution < -0.4 is 0 Å². The van der Waals surface area contributed by atoms with Crippen LogP contribution in [0.15, 0.2) is 41.9 Å². The van der Waals surface area contributed by atoms with Crippen LogP contribution in [0.3, 0.4) is 0 Å². The van der Waals surface area contributed by atoms with E-state index >= 15 is 0 Å². The lowest BCUT2D eigenvalue weighted by Crippen LogP contribution is -2.33. The second-order valence-corrected chi connectivity index (χ2v) is 7.47. The maximum atomic E-state index is 10.3. The highest BCUT2D eigenvalue weighted by atomic mass is 32.2. The van der Waals surface area contributed by atoms with E-state index in [0.717, 1.165) is 10.8 Å². The largest absolute Gasteiger partial charge is 0.394 e. The summed E-state index contributed by atoms with van der Waals surface area (Å²) in [6, 6.07) is 8.31. The van der Waals surface area contributed by atoms with Crippen molar-refractivity contribution in [3.05, 3.63) is 48.0 Å². The molecule has 8 nitrogen and oxygen atoms in total. The molecule has 0 radical (unpaired) electrons. The molecule has 9 heteroatoms. The van der Waals surface area contributed by atoms with Gasteiger partial charge in [0, 0.05) is 5.75 Å². The number of aliphatic hydroxyl groups excluding tert-OH is 3. The van der Waals surface area contributed by atoms with Gasteiger partial charge < -0.3 is 20.1 Å². The van der Waals surface area contributed by atoms with Crippen LogP contribution in [0.5, 0.6) is 0 Å². The minimum absolute atomic E-state index is 0.381. The molecule has 3 N–H and O–H groups in total. The minimum atomic E-state index is -1.18. The molecule has 1 saturated heterocycles. The first-order valence-electron chi connectivity index (χ1n) is 8.57. The lowest BCUT2D eigenvalue weighted by molar-refractivity contribution is -0.0511. The van der Waals surface area contributed by atoms with Gasteiger partial charge in [0.2, 0.25) is 0 Å². The normalized spacial score (nSPS) is 25.3. The molecule has 0 spiro atoms. The van der Waals surface area contributed by atoms with Crippen LogP contribution >= 0.6 is 11.8 Å². The van der Waals surface area contributed by atoms with Gasteiger partial charge in [0.15, 0.2) is 11.9 Å². The molecule has 0 amide bonds. The molecule has 4 rings (SSSR count). The Balaban J connectivity index is 1.59. The number of imidazole rings is 1. The second kappa shape index (κ2) is 7.53. The van der Waals surface area contributed by atoms with E-state index in [1.165, 1.54) is 23.8 Å². The highest BCUT2D eigenvalue weighted by Gasteiger charge is 2.44. The smallest absolute Gasteiger partial charge is 0.166 e. The van der Waals surface area contributed by atoms with Crippen molar-refractivity contribution in [1.82, 2.24) is 19.5 Å². The second-order valence-electron chi connectivity index (χ2n) is 6.51. The summed E-state index contributed by atoms with van der Waals surface area (Å²) < 4.78 is 7.14. The van der Waals surface area contributed by atoms with Gasteiger partial charge in [0.25, 0.3) is 0 Å². The van der Waals surface area contributed by atoms with Crippen molar-refractivity contribution in [3.8, 4) is 0 Å². The number of aliphatic hydroxyl groups is 3. The summed E-state index contributed by atoms with van der Waals surface area (Å²) in [5, 5.41) is 30.2. The average Bonchev–Trinajstić information content (AvgIpc) is 3.23. The summed E-state index contributed by atoms with van der Waals surface area (Å²) in [7, 11) is 0. The molecule has 3 heterocycles. The van der Waals surface area contributed by atoms with E-state index in [1.807, 2.05) is 0 Å². The van der Waals surface area contributed by atoms with Gasteiger partial charge in [-0.1, -0.05) is 41.6 Å². The number of hydrogen-bond acceptors (Lipinski definition) is 8. The Bertz CT molecular complexity index is 933. The molecular formula is C18H20N4O4S. The highest BCUT2D eigenvalue weighted by Crippen LogP contribution is 2.33. The predicted molar refractivity (Wildman–Crippen MR) is 99.1 cm³/mol. The van der Waals surface area contributed by atoms with Gasteiger partial charge in [0.05, 0.1) is 12.9 Å². The SMILES string of the molecule is Cc1ccc(CSc2ncnc3c2ncn3[C@@H]2O[C@H](CO)[C@@H](O)[C@H]2O)cc1. The number of fused-ring (bicyclic) bond motifs is 1. The Kier molecular flexibility index (Phi) is 5.11. The van der Waals surface area contributed by atoms with E-state index in [-0.39, 0.29) is 6.61 Å². The molecule has 1 aliphatic heterocycles. The number of benzene rings is 1. The molecule has 1 aliphatic rings. The quantitative estimate of drug-likeness (QED) is 0.439.